The number of rotatable bonds is 4. The average Bonchev–Trinajstić information content (AvgIpc) is 2.31. The molecule has 28 heavy (non-hydrogen) atoms. The second-order valence-electron chi connectivity index (χ2n) is 4.90. The van der Waals surface area contributed by atoms with E-state index in [-0.39, 0.29) is 0 Å². The van der Waals surface area contributed by atoms with Crippen LogP contribution in [0.2, 0.25) is 0 Å². The van der Waals surface area contributed by atoms with Crippen molar-refractivity contribution >= 4 is 0 Å². The topological polar surface area (TPSA) is 0 Å². The highest BCUT2D eigenvalue weighted by atomic mass is 19.4. The first-order valence-electron chi connectivity index (χ1n) is 5.81. The van der Waals surface area contributed by atoms with Crippen molar-refractivity contribution in [2.45, 2.75) is 42.5 Å². The number of alkyl halides is 18. The van der Waals surface area contributed by atoms with Crippen molar-refractivity contribution in [2.24, 2.45) is 5.41 Å². The van der Waals surface area contributed by atoms with E-state index in [2.05, 4.69) is 0 Å². The Kier molecular flexibility index (Phi) is 6.14. The van der Waals surface area contributed by atoms with Gasteiger partial charge in [0.15, 0.2) is 0 Å². The van der Waals surface area contributed by atoms with Crippen molar-refractivity contribution < 1.29 is 79.0 Å². The molecule has 0 saturated heterocycles. The first-order valence-corrected chi connectivity index (χ1v) is 5.81. The highest BCUT2D eigenvalue weighted by Crippen LogP contribution is 2.64. The Bertz CT molecular complexity index is 563. The number of hydrogen-bond donors (Lipinski definition) is 0. The molecule has 0 spiro atoms. The Morgan fingerprint density at radius 2 is 0.607 bits per heavy atom. The molecule has 0 atom stereocenters. The maximum Gasteiger partial charge on any atom is 0.460 e. The van der Waals surface area contributed by atoms with E-state index in [9.17, 15) is 79.0 Å². The standard InChI is InChI=1S/C10H2F18/c11-4(12,6(15,16)10(26,27)28)2-1-3(7(17,18)19,8(20,21)22)5(13,14)9(23,24)25/h1-2H/b2-1+. The summed E-state index contributed by atoms with van der Waals surface area (Å²) in [5, 5.41) is 0. The molecule has 0 rings (SSSR count). The molecule has 0 radical (unpaired) electrons. The van der Waals surface area contributed by atoms with E-state index in [1.807, 2.05) is 0 Å². The highest BCUT2D eigenvalue weighted by Gasteiger charge is 2.88. The smallest absolute Gasteiger partial charge is 0.195 e. The van der Waals surface area contributed by atoms with Crippen LogP contribution in [0.3, 0.4) is 0 Å². The van der Waals surface area contributed by atoms with E-state index in [0.29, 0.717) is 0 Å². The first kappa shape index (κ1) is 26.5. The van der Waals surface area contributed by atoms with E-state index in [4.69, 9.17) is 0 Å². The lowest BCUT2D eigenvalue weighted by atomic mass is 9.77. The van der Waals surface area contributed by atoms with E-state index in [1.165, 1.54) is 0 Å². The van der Waals surface area contributed by atoms with Gasteiger partial charge in [0.25, 0.3) is 5.41 Å². The molecule has 0 aromatic heterocycles. The van der Waals surface area contributed by atoms with Crippen LogP contribution in [-0.2, 0) is 0 Å². The quantitative estimate of drug-likeness (QED) is 0.322. The molecule has 0 N–H and O–H groups in total. The van der Waals surface area contributed by atoms with E-state index in [1.54, 1.807) is 0 Å². The third kappa shape index (κ3) is 3.81. The number of hydrogen-bond acceptors (Lipinski definition) is 0. The third-order valence-electron chi connectivity index (χ3n) is 3.06. The summed E-state index contributed by atoms with van der Waals surface area (Å²) in [4.78, 5) is 0. The fraction of sp³-hybridized carbons (Fsp3) is 0.800. The Morgan fingerprint density at radius 1 is 0.321 bits per heavy atom. The van der Waals surface area contributed by atoms with Crippen LogP contribution in [-0.4, -0.2) is 42.5 Å². The van der Waals surface area contributed by atoms with Gasteiger partial charge in [0.05, 0.1) is 0 Å². The summed E-state index contributed by atoms with van der Waals surface area (Å²) in [5.74, 6) is -22.5. The Balaban J connectivity index is 7.03. The molecule has 0 aromatic carbocycles. The molecule has 18 heteroatoms. The molecule has 168 valence electrons. The number of halogens is 18. The van der Waals surface area contributed by atoms with Gasteiger partial charge in [-0.3, -0.25) is 0 Å². The van der Waals surface area contributed by atoms with Gasteiger partial charge in [-0.2, -0.15) is 79.0 Å². The normalized spacial score (nSPS) is 16.8. The first-order chi connectivity index (χ1) is 11.7. The van der Waals surface area contributed by atoms with Crippen LogP contribution >= 0.6 is 0 Å². The lowest BCUT2D eigenvalue weighted by molar-refractivity contribution is -0.431. The van der Waals surface area contributed by atoms with Gasteiger partial charge >= 0.3 is 42.5 Å². The Hall–Kier alpha value is -1.52. The third-order valence-corrected chi connectivity index (χ3v) is 3.06. The zero-order valence-electron chi connectivity index (χ0n) is 12.0. The van der Waals surface area contributed by atoms with Crippen LogP contribution in [0.15, 0.2) is 12.2 Å². The molecular weight excluding hydrogens is 462 g/mol. The second-order valence-corrected chi connectivity index (χ2v) is 4.90. The molecule has 0 aliphatic carbocycles. The van der Waals surface area contributed by atoms with Crippen molar-refractivity contribution in [1.29, 1.82) is 0 Å². The molecule has 0 saturated carbocycles. The van der Waals surface area contributed by atoms with Crippen LogP contribution in [0.4, 0.5) is 79.0 Å². The Labute approximate surface area is 140 Å². The average molecular weight is 464 g/mol. The van der Waals surface area contributed by atoms with Crippen molar-refractivity contribution in [3.05, 3.63) is 12.2 Å². The van der Waals surface area contributed by atoms with Gasteiger partial charge in [0.1, 0.15) is 0 Å². The van der Waals surface area contributed by atoms with Gasteiger partial charge in [0, 0.05) is 0 Å². The van der Waals surface area contributed by atoms with Gasteiger partial charge < -0.3 is 0 Å². The predicted molar refractivity (Wildman–Crippen MR) is 50.6 cm³/mol. The SMILES string of the molecule is FC(F)(F)C(F)(F)C(F)(F)/C=C/C(C(F)(F)F)(C(F)(F)F)C(F)(F)C(F)(F)F. The molecule has 0 aromatic rings. The fourth-order valence-corrected chi connectivity index (χ4v) is 1.56. The minimum absolute atomic E-state index is 2.65. The molecule has 0 heterocycles. The molecule has 0 aliphatic rings. The van der Waals surface area contributed by atoms with Crippen molar-refractivity contribution in [2.75, 3.05) is 0 Å². The summed E-state index contributed by atoms with van der Waals surface area (Å²) >= 11 is 0. The van der Waals surface area contributed by atoms with Crippen molar-refractivity contribution in [1.82, 2.24) is 0 Å². The van der Waals surface area contributed by atoms with E-state index < -0.39 is 60.0 Å². The minimum atomic E-state index is -8.00. The zero-order chi connectivity index (χ0) is 23.4. The van der Waals surface area contributed by atoms with Crippen LogP contribution in [0, 0.1) is 5.41 Å². The summed E-state index contributed by atoms with van der Waals surface area (Å²) in [6, 6.07) is 0. The summed E-state index contributed by atoms with van der Waals surface area (Å²) in [5.41, 5.74) is -7.61. The van der Waals surface area contributed by atoms with Crippen molar-refractivity contribution in [3.8, 4) is 0 Å². The zero-order valence-corrected chi connectivity index (χ0v) is 12.0. The molecular formula is C10H2F18. The lowest BCUT2D eigenvalue weighted by Crippen LogP contribution is -2.65. The summed E-state index contributed by atoms with van der Waals surface area (Å²) < 4.78 is 224. The molecule has 0 fully saturated rings. The highest BCUT2D eigenvalue weighted by molar-refractivity contribution is 5.21. The summed E-state index contributed by atoms with van der Waals surface area (Å²) in [6.45, 7) is 0. The van der Waals surface area contributed by atoms with E-state index in [0.717, 1.165) is 0 Å². The molecule has 0 unspecified atom stereocenters. The van der Waals surface area contributed by atoms with Gasteiger partial charge in [0.2, 0.25) is 0 Å². The summed E-state index contributed by atoms with van der Waals surface area (Å²) in [7, 11) is 0. The largest absolute Gasteiger partial charge is 0.460 e. The molecule has 0 aliphatic heterocycles. The second kappa shape index (κ2) is 6.50. The maximum atomic E-state index is 13.1. The fourth-order valence-electron chi connectivity index (χ4n) is 1.56. The van der Waals surface area contributed by atoms with Crippen LogP contribution in [0.1, 0.15) is 0 Å². The van der Waals surface area contributed by atoms with Crippen molar-refractivity contribution in [3.63, 3.8) is 0 Å². The molecule has 0 nitrogen and oxygen atoms in total. The lowest BCUT2D eigenvalue weighted by Gasteiger charge is -2.41. The Morgan fingerprint density at radius 3 is 0.821 bits per heavy atom. The van der Waals surface area contributed by atoms with Gasteiger partial charge in [-0.15, -0.1) is 0 Å². The molecule has 0 bridgehead atoms. The summed E-state index contributed by atoms with van der Waals surface area (Å²) in [6.07, 6.45) is -36.2. The van der Waals surface area contributed by atoms with Gasteiger partial charge in [-0.1, -0.05) is 6.08 Å². The number of allylic oxidation sites excluding steroid dienone is 2. The van der Waals surface area contributed by atoms with Gasteiger partial charge in [-0.25, -0.2) is 0 Å². The molecule has 0 amide bonds. The monoisotopic (exact) mass is 464 g/mol. The van der Waals surface area contributed by atoms with E-state index >= 15 is 0 Å². The predicted octanol–water partition coefficient (Wildman–Crippen LogP) is 6.68. The van der Waals surface area contributed by atoms with Crippen LogP contribution in [0.25, 0.3) is 0 Å². The van der Waals surface area contributed by atoms with Crippen LogP contribution in [0.5, 0.6) is 0 Å². The van der Waals surface area contributed by atoms with Crippen LogP contribution < -0.4 is 0 Å². The maximum absolute atomic E-state index is 13.1. The minimum Gasteiger partial charge on any atom is -0.195 e. The van der Waals surface area contributed by atoms with Gasteiger partial charge in [-0.05, 0) is 6.08 Å².